The van der Waals surface area contributed by atoms with Crippen molar-refractivity contribution in [3.63, 3.8) is 0 Å². The zero-order valence-corrected chi connectivity index (χ0v) is 14.7. The van der Waals surface area contributed by atoms with Gasteiger partial charge in [-0.25, -0.2) is 0 Å². The maximum absolute atomic E-state index is 5.85. The zero-order chi connectivity index (χ0) is 17.9. The lowest BCUT2D eigenvalue weighted by molar-refractivity contribution is 0.172. The Morgan fingerprint density at radius 3 is 2.96 bits per heavy atom. The van der Waals surface area contributed by atoms with E-state index < -0.39 is 0 Å². The first-order chi connectivity index (χ1) is 12.7. The molecule has 1 aliphatic carbocycles. The molecule has 1 aromatic heterocycles. The normalized spacial score (nSPS) is 11.9. The monoisotopic (exact) mass is 345 g/mol. The van der Waals surface area contributed by atoms with E-state index in [1.807, 2.05) is 30.3 Å². The number of methoxy groups -OCH3 is 1. The Balaban J connectivity index is 1.50. The van der Waals surface area contributed by atoms with Crippen molar-refractivity contribution >= 4 is 24.8 Å². The number of fused-ring (bicyclic) bond motifs is 3. The lowest BCUT2D eigenvalue weighted by Crippen LogP contribution is -2.03. The van der Waals surface area contributed by atoms with E-state index >= 15 is 0 Å². The molecule has 0 bridgehead atoms. The van der Waals surface area contributed by atoms with Crippen LogP contribution in [0.25, 0.3) is 11.3 Å². The summed E-state index contributed by atoms with van der Waals surface area (Å²) in [4.78, 5) is 0. The summed E-state index contributed by atoms with van der Waals surface area (Å²) in [5.74, 6) is 1.73. The summed E-state index contributed by atoms with van der Waals surface area (Å²) in [5.41, 5.74) is 6.31. The van der Waals surface area contributed by atoms with Gasteiger partial charge >= 0.3 is 0 Å². The van der Waals surface area contributed by atoms with Crippen LogP contribution in [0.2, 0.25) is 0 Å². The zero-order valence-electron chi connectivity index (χ0n) is 14.7. The summed E-state index contributed by atoms with van der Waals surface area (Å²) in [5, 5.41) is 10.9. The second kappa shape index (κ2) is 7.26. The van der Waals surface area contributed by atoms with Crippen LogP contribution in [0.4, 0.5) is 11.5 Å². The van der Waals surface area contributed by atoms with Crippen molar-refractivity contribution in [2.45, 2.75) is 12.8 Å². The van der Waals surface area contributed by atoms with Crippen molar-refractivity contribution in [2.75, 3.05) is 25.6 Å². The number of hydrogen-bond donors (Lipinski definition) is 2. The number of hydrogen-bond acceptors (Lipinski definition) is 4. The summed E-state index contributed by atoms with van der Waals surface area (Å²) >= 11 is 0. The van der Waals surface area contributed by atoms with Crippen LogP contribution in [0.15, 0.2) is 42.5 Å². The molecule has 0 saturated carbocycles. The molecule has 2 radical (unpaired) electrons. The van der Waals surface area contributed by atoms with Gasteiger partial charge < -0.3 is 14.8 Å². The van der Waals surface area contributed by atoms with Crippen LogP contribution in [-0.4, -0.2) is 38.4 Å². The number of nitrogens with zero attached hydrogens (tertiary/aromatic N) is 1. The van der Waals surface area contributed by atoms with Gasteiger partial charge in [-0.15, -0.1) is 0 Å². The molecule has 1 heterocycles. The van der Waals surface area contributed by atoms with E-state index in [1.54, 1.807) is 7.11 Å². The maximum atomic E-state index is 5.85. The highest BCUT2D eigenvalue weighted by molar-refractivity contribution is 6.32. The molecule has 0 amide bonds. The van der Waals surface area contributed by atoms with Gasteiger partial charge in [0, 0.05) is 43.4 Å². The van der Waals surface area contributed by atoms with Gasteiger partial charge in [-0.05, 0) is 35.9 Å². The van der Waals surface area contributed by atoms with E-state index in [4.69, 9.17) is 17.3 Å². The average molecular weight is 345 g/mol. The number of nitrogens with one attached hydrogen (secondary N) is 2. The predicted octanol–water partition coefficient (Wildman–Crippen LogP) is 2.93. The van der Waals surface area contributed by atoms with Crippen molar-refractivity contribution < 1.29 is 9.47 Å². The fraction of sp³-hybridized carbons (Fsp3) is 0.250. The molecular weight excluding hydrogens is 325 g/mol. The molecule has 2 N–H and O–H groups in total. The molecule has 26 heavy (non-hydrogen) atoms. The van der Waals surface area contributed by atoms with Gasteiger partial charge in [0.25, 0.3) is 0 Å². The van der Waals surface area contributed by atoms with Gasteiger partial charge in [0.2, 0.25) is 0 Å². The molecule has 130 valence electrons. The predicted molar refractivity (Wildman–Crippen MR) is 104 cm³/mol. The van der Waals surface area contributed by atoms with Crippen LogP contribution >= 0.6 is 0 Å². The minimum Gasteiger partial charge on any atom is -0.493 e. The molecule has 3 aromatic rings. The molecule has 5 nitrogen and oxygen atoms in total. The smallest absolute Gasteiger partial charge is 0.156 e. The Kier molecular flexibility index (Phi) is 4.67. The Hall–Kier alpha value is -2.73. The van der Waals surface area contributed by atoms with Gasteiger partial charge in [0.05, 0.1) is 12.3 Å². The fourth-order valence-electron chi connectivity index (χ4n) is 3.25. The van der Waals surface area contributed by atoms with Crippen molar-refractivity contribution in [1.82, 2.24) is 10.2 Å². The van der Waals surface area contributed by atoms with Crippen molar-refractivity contribution in [2.24, 2.45) is 0 Å². The maximum Gasteiger partial charge on any atom is 0.156 e. The van der Waals surface area contributed by atoms with Crippen molar-refractivity contribution in [3.05, 3.63) is 53.6 Å². The third-order valence-electron chi connectivity index (χ3n) is 4.49. The van der Waals surface area contributed by atoms with Crippen molar-refractivity contribution in [1.29, 1.82) is 0 Å². The Morgan fingerprint density at radius 2 is 2.12 bits per heavy atom. The summed E-state index contributed by atoms with van der Waals surface area (Å²) in [6.07, 6.45) is 1.70. The molecule has 0 saturated heterocycles. The average Bonchev–Trinajstić information content (AvgIpc) is 3.18. The molecule has 2 aromatic carbocycles. The van der Waals surface area contributed by atoms with Crippen LogP contribution in [0, 0.1) is 0 Å². The van der Waals surface area contributed by atoms with Gasteiger partial charge in [-0.2, -0.15) is 5.10 Å². The fourth-order valence-corrected chi connectivity index (χ4v) is 3.25. The lowest BCUT2D eigenvalue weighted by atomic mass is 9.96. The molecule has 0 fully saturated rings. The highest BCUT2D eigenvalue weighted by Gasteiger charge is 2.25. The topological polar surface area (TPSA) is 59.2 Å². The molecule has 4 rings (SSSR count). The number of H-pyrrole nitrogens is 1. The standard InChI is InChI=1S/C20H20BN3O2/c1-25-8-3-9-26-16-6-7-17-13(10-16)11-18-19(17)23-24-20(18)22-15-5-2-4-14(21)12-15/h2,4-7,10,12H,3,8-9,11H2,1H3,(H2,22,23,24). The van der Waals surface area contributed by atoms with Crippen LogP contribution in [0.1, 0.15) is 17.5 Å². The highest BCUT2D eigenvalue weighted by atomic mass is 16.5. The van der Waals surface area contributed by atoms with Crippen LogP contribution in [0.3, 0.4) is 0 Å². The van der Waals surface area contributed by atoms with Crippen LogP contribution < -0.4 is 15.5 Å². The summed E-state index contributed by atoms with van der Waals surface area (Å²) < 4.78 is 10.9. The summed E-state index contributed by atoms with van der Waals surface area (Å²) in [6, 6.07) is 13.9. The molecular formula is C20H20BN3O2. The Bertz CT molecular complexity index is 923. The number of ether oxygens (including phenoxy) is 2. The molecule has 0 spiro atoms. The third kappa shape index (κ3) is 3.33. The Morgan fingerprint density at radius 1 is 1.19 bits per heavy atom. The SMILES string of the molecule is [B]c1cccc(Nc2n[nH]c3c2Cc2cc(OCCCOC)ccc2-3)c1. The molecule has 0 unspecified atom stereocenters. The van der Waals surface area contributed by atoms with E-state index in [1.165, 1.54) is 16.7 Å². The van der Waals surface area contributed by atoms with E-state index in [0.29, 0.717) is 13.2 Å². The minimum atomic E-state index is 0.654. The second-order valence-electron chi connectivity index (χ2n) is 6.37. The largest absolute Gasteiger partial charge is 0.493 e. The van der Waals surface area contributed by atoms with Gasteiger partial charge in [-0.3, -0.25) is 5.10 Å². The quantitative estimate of drug-likeness (QED) is 0.399. The van der Waals surface area contributed by atoms with Gasteiger partial charge in [0.15, 0.2) is 5.82 Å². The number of aromatic amines is 1. The summed E-state index contributed by atoms with van der Waals surface area (Å²) in [6.45, 7) is 1.36. The number of anilines is 2. The van der Waals surface area contributed by atoms with E-state index in [2.05, 4.69) is 27.6 Å². The third-order valence-corrected chi connectivity index (χ3v) is 4.49. The van der Waals surface area contributed by atoms with Crippen LogP contribution in [-0.2, 0) is 11.2 Å². The first-order valence-corrected chi connectivity index (χ1v) is 8.69. The molecule has 6 heteroatoms. The number of rotatable bonds is 7. The molecule has 1 aliphatic rings. The molecule has 0 aliphatic heterocycles. The van der Waals surface area contributed by atoms with Crippen LogP contribution in [0.5, 0.6) is 5.75 Å². The number of benzene rings is 2. The number of aromatic nitrogens is 2. The first kappa shape index (κ1) is 16.7. The van der Waals surface area contributed by atoms with E-state index in [-0.39, 0.29) is 0 Å². The highest BCUT2D eigenvalue weighted by Crippen LogP contribution is 2.40. The Labute approximate surface area is 154 Å². The summed E-state index contributed by atoms with van der Waals surface area (Å²) in [7, 11) is 7.56. The van der Waals surface area contributed by atoms with Gasteiger partial charge in [0.1, 0.15) is 13.6 Å². The minimum absolute atomic E-state index is 0.654. The molecule has 0 atom stereocenters. The lowest BCUT2D eigenvalue weighted by Gasteiger charge is -2.08. The first-order valence-electron chi connectivity index (χ1n) is 8.69. The second-order valence-corrected chi connectivity index (χ2v) is 6.37. The van der Waals surface area contributed by atoms with Crippen molar-refractivity contribution in [3.8, 4) is 17.0 Å². The van der Waals surface area contributed by atoms with Gasteiger partial charge in [-0.1, -0.05) is 17.6 Å². The van der Waals surface area contributed by atoms with E-state index in [9.17, 15) is 0 Å². The van der Waals surface area contributed by atoms with E-state index in [0.717, 1.165) is 41.3 Å².